The number of para-hydroxylation sites is 1. The average Bonchev–Trinajstić information content (AvgIpc) is 2.73. The molecule has 4 rings (SSSR count). The Morgan fingerprint density at radius 3 is 2.82 bits per heavy atom. The molecule has 80 valence electrons. The van der Waals surface area contributed by atoms with Crippen LogP contribution in [0, 0.1) is 0 Å². The number of aromatic nitrogens is 2. The van der Waals surface area contributed by atoms with Crippen LogP contribution >= 0.6 is 11.3 Å². The molecule has 1 aromatic carbocycles. The molecule has 0 aliphatic carbocycles. The maximum Gasteiger partial charge on any atom is 0.126 e. The Bertz CT molecular complexity index is 842. The molecule has 0 fully saturated rings. The number of nitrogens with zero attached hydrogens (tertiary/aromatic N) is 2. The highest BCUT2D eigenvalue weighted by Gasteiger charge is 2.07. The van der Waals surface area contributed by atoms with Crippen LogP contribution in [0.25, 0.3) is 31.3 Å². The van der Waals surface area contributed by atoms with E-state index >= 15 is 0 Å². The van der Waals surface area contributed by atoms with Crippen molar-refractivity contribution in [3.63, 3.8) is 0 Å². The lowest BCUT2D eigenvalue weighted by Crippen LogP contribution is -1.77. The molecule has 0 N–H and O–H groups in total. The van der Waals surface area contributed by atoms with Gasteiger partial charge in [0, 0.05) is 22.4 Å². The summed E-state index contributed by atoms with van der Waals surface area (Å²) in [5.41, 5.74) is 1.05. The van der Waals surface area contributed by atoms with E-state index < -0.39 is 0 Å². The van der Waals surface area contributed by atoms with Crippen molar-refractivity contribution in [1.82, 2.24) is 9.97 Å². The number of thiophene rings is 1. The van der Waals surface area contributed by atoms with Crippen molar-refractivity contribution < 1.29 is 0 Å². The van der Waals surface area contributed by atoms with Gasteiger partial charge in [-0.1, -0.05) is 29.5 Å². The van der Waals surface area contributed by atoms with Gasteiger partial charge in [-0.3, -0.25) is 0 Å². The minimum atomic E-state index is 1.05. The van der Waals surface area contributed by atoms with Gasteiger partial charge in [0.2, 0.25) is 0 Å². The number of fused-ring (bicyclic) bond motifs is 4. The van der Waals surface area contributed by atoms with Crippen LogP contribution < -0.4 is 0 Å². The quantitative estimate of drug-likeness (QED) is 0.461. The SMILES string of the molecule is c1ccc2nc3sc4ncccc4c3cc2c1. The number of hydrogen-bond acceptors (Lipinski definition) is 3. The lowest BCUT2D eigenvalue weighted by molar-refractivity contribution is 1.45. The molecule has 0 spiro atoms. The van der Waals surface area contributed by atoms with Crippen LogP contribution in [-0.4, -0.2) is 9.97 Å². The fourth-order valence-electron chi connectivity index (χ4n) is 2.14. The fraction of sp³-hybridized carbons (Fsp3) is 0. The van der Waals surface area contributed by atoms with Crippen molar-refractivity contribution in [3.8, 4) is 0 Å². The Balaban J connectivity index is 2.28. The summed E-state index contributed by atoms with van der Waals surface area (Å²) in [5.74, 6) is 0. The highest BCUT2D eigenvalue weighted by Crippen LogP contribution is 2.32. The van der Waals surface area contributed by atoms with Crippen LogP contribution in [0.1, 0.15) is 0 Å². The van der Waals surface area contributed by atoms with E-state index in [9.17, 15) is 0 Å². The molecular weight excluding hydrogens is 228 g/mol. The van der Waals surface area contributed by atoms with Crippen molar-refractivity contribution in [2.75, 3.05) is 0 Å². The smallest absolute Gasteiger partial charge is 0.126 e. The third-order valence-corrected chi connectivity index (χ3v) is 3.97. The van der Waals surface area contributed by atoms with Gasteiger partial charge in [-0.2, -0.15) is 0 Å². The van der Waals surface area contributed by atoms with Crippen LogP contribution in [0.4, 0.5) is 0 Å². The molecule has 0 unspecified atom stereocenters. The molecule has 17 heavy (non-hydrogen) atoms. The molecule has 0 aliphatic heterocycles. The van der Waals surface area contributed by atoms with Gasteiger partial charge in [-0.15, -0.1) is 0 Å². The van der Waals surface area contributed by atoms with Crippen LogP contribution in [0.15, 0.2) is 48.7 Å². The molecule has 0 aliphatic rings. The zero-order chi connectivity index (χ0) is 11.2. The summed E-state index contributed by atoms with van der Waals surface area (Å²) in [6.07, 6.45) is 1.83. The van der Waals surface area contributed by atoms with E-state index in [0.29, 0.717) is 0 Å². The lowest BCUT2D eigenvalue weighted by Gasteiger charge is -1.96. The zero-order valence-corrected chi connectivity index (χ0v) is 9.74. The summed E-state index contributed by atoms with van der Waals surface area (Å²) in [4.78, 5) is 11.2. The Morgan fingerprint density at radius 2 is 1.82 bits per heavy atom. The van der Waals surface area contributed by atoms with Crippen LogP contribution in [-0.2, 0) is 0 Å². The van der Waals surface area contributed by atoms with Gasteiger partial charge >= 0.3 is 0 Å². The summed E-state index contributed by atoms with van der Waals surface area (Å²) >= 11 is 1.65. The normalized spacial score (nSPS) is 11.5. The Labute approximate surface area is 102 Å². The molecule has 0 amide bonds. The Hall–Kier alpha value is -2.00. The predicted octanol–water partition coefficient (Wildman–Crippen LogP) is 4.00. The van der Waals surface area contributed by atoms with Crippen molar-refractivity contribution >= 4 is 42.7 Å². The van der Waals surface area contributed by atoms with Gasteiger partial charge in [0.05, 0.1) is 5.52 Å². The monoisotopic (exact) mass is 236 g/mol. The van der Waals surface area contributed by atoms with Crippen molar-refractivity contribution in [2.24, 2.45) is 0 Å². The molecule has 3 aromatic heterocycles. The molecule has 0 atom stereocenters. The van der Waals surface area contributed by atoms with Gasteiger partial charge in [-0.25, -0.2) is 9.97 Å². The Morgan fingerprint density at radius 1 is 0.882 bits per heavy atom. The van der Waals surface area contributed by atoms with Gasteiger partial charge in [0.1, 0.15) is 9.66 Å². The molecule has 0 radical (unpaired) electrons. The summed E-state index contributed by atoms with van der Waals surface area (Å²) < 4.78 is 0. The molecule has 3 heteroatoms. The molecule has 3 heterocycles. The van der Waals surface area contributed by atoms with E-state index in [1.54, 1.807) is 11.3 Å². The lowest BCUT2D eigenvalue weighted by atomic mass is 10.1. The third-order valence-electron chi connectivity index (χ3n) is 2.94. The minimum absolute atomic E-state index is 1.05. The molecule has 0 saturated carbocycles. The second-order valence-corrected chi connectivity index (χ2v) is 4.97. The summed E-state index contributed by atoms with van der Waals surface area (Å²) in [5, 5.41) is 3.59. The van der Waals surface area contributed by atoms with Gasteiger partial charge in [-0.05, 0) is 24.3 Å². The van der Waals surface area contributed by atoms with Crippen LogP contribution in [0.5, 0.6) is 0 Å². The number of hydrogen-bond donors (Lipinski definition) is 0. The first-order chi connectivity index (χ1) is 8.42. The van der Waals surface area contributed by atoms with E-state index in [1.807, 2.05) is 30.5 Å². The predicted molar refractivity (Wildman–Crippen MR) is 72.4 cm³/mol. The summed E-state index contributed by atoms with van der Waals surface area (Å²) in [7, 11) is 0. The van der Waals surface area contributed by atoms with E-state index in [4.69, 9.17) is 4.98 Å². The van der Waals surface area contributed by atoms with Crippen molar-refractivity contribution in [3.05, 3.63) is 48.7 Å². The van der Waals surface area contributed by atoms with Gasteiger partial charge < -0.3 is 0 Å². The molecule has 0 saturated heterocycles. The largest absolute Gasteiger partial charge is 0.245 e. The first-order valence-electron chi connectivity index (χ1n) is 5.45. The van der Waals surface area contributed by atoms with E-state index in [1.165, 1.54) is 16.2 Å². The first kappa shape index (κ1) is 9.07. The van der Waals surface area contributed by atoms with Gasteiger partial charge in [0.25, 0.3) is 0 Å². The second kappa shape index (κ2) is 3.25. The van der Waals surface area contributed by atoms with Crippen LogP contribution in [0.2, 0.25) is 0 Å². The molecular formula is C14H8N2S. The standard InChI is InChI=1S/C14H8N2S/c1-2-6-12-9(4-1)8-11-10-5-3-7-15-13(10)17-14(11)16-12/h1-8H. The minimum Gasteiger partial charge on any atom is -0.245 e. The first-order valence-corrected chi connectivity index (χ1v) is 6.26. The molecule has 2 nitrogen and oxygen atoms in total. The molecule has 0 bridgehead atoms. The number of pyridine rings is 2. The van der Waals surface area contributed by atoms with E-state index in [0.717, 1.165) is 15.2 Å². The highest BCUT2D eigenvalue weighted by atomic mass is 32.1. The highest BCUT2D eigenvalue weighted by molar-refractivity contribution is 7.25. The Kier molecular flexibility index (Phi) is 1.73. The van der Waals surface area contributed by atoms with Crippen molar-refractivity contribution in [2.45, 2.75) is 0 Å². The topological polar surface area (TPSA) is 25.8 Å². The third kappa shape index (κ3) is 1.26. The van der Waals surface area contributed by atoms with Gasteiger partial charge in [0.15, 0.2) is 0 Å². The second-order valence-electron chi connectivity index (χ2n) is 3.99. The molecule has 4 aromatic rings. The summed E-state index contributed by atoms with van der Waals surface area (Å²) in [6.45, 7) is 0. The fourth-order valence-corrected chi connectivity index (χ4v) is 3.15. The maximum atomic E-state index is 4.69. The van der Waals surface area contributed by atoms with E-state index in [2.05, 4.69) is 23.2 Å². The maximum absolute atomic E-state index is 4.69. The number of rotatable bonds is 0. The van der Waals surface area contributed by atoms with Crippen molar-refractivity contribution in [1.29, 1.82) is 0 Å². The zero-order valence-electron chi connectivity index (χ0n) is 8.92. The summed E-state index contributed by atoms with van der Waals surface area (Å²) in [6, 6.07) is 14.5. The van der Waals surface area contributed by atoms with Crippen LogP contribution in [0.3, 0.4) is 0 Å². The average molecular weight is 236 g/mol. The number of benzene rings is 1. The van der Waals surface area contributed by atoms with E-state index in [-0.39, 0.29) is 0 Å².